The predicted molar refractivity (Wildman–Crippen MR) is 101 cm³/mol. The second-order valence-electron chi connectivity index (χ2n) is 6.94. The molecule has 1 unspecified atom stereocenters. The quantitative estimate of drug-likeness (QED) is 0.725. The Hall–Kier alpha value is -2.76. The molecule has 0 bridgehead atoms. The first-order valence-electron chi connectivity index (χ1n) is 9.17. The Labute approximate surface area is 154 Å². The van der Waals surface area contributed by atoms with Gasteiger partial charge in [-0.25, -0.2) is 9.97 Å². The van der Waals surface area contributed by atoms with Crippen molar-refractivity contribution in [3.8, 4) is 0 Å². The summed E-state index contributed by atoms with van der Waals surface area (Å²) in [6.07, 6.45) is 9.91. The largest absolute Gasteiger partial charge is 0.354 e. The van der Waals surface area contributed by atoms with Gasteiger partial charge in [0.2, 0.25) is 0 Å². The highest BCUT2D eigenvalue weighted by atomic mass is 15.2. The highest BCUT2D eigenvalue weighted by Crippen LogP contribution is 2.29. The molecule has 1 aliphatic heterocycles. The molecule has 1 atom stereocenters. The molecule has 134 valence electrons. The zero-order chi connectivity index (χ0) is 17.9. The minimum Gasteiger partial charge on any atom is -0.354 e. The Kier molecular flexibility index (Phi) is 4.65. The molecular formula is C20H24N6. The van der Waals surface area contributed by atoms with Crippen LogP contribution in [-0.4, -0.2) is 37.6 Å². The second-order valence-corrected chi connectivity index (χ2v) is 6.94. The van der Waals surface area contributed by atoms with Crippen molar-refractivity contribution < 1.29 is 0 Å². The van der Waals surface area contributed by atoms with Crippen molar-refractivity contribution >= 4 is 5.82 Å². The van der Waals surface area contributed by atoms with E-state index >= 15 is 0 Å². The van der Waals surface area contributed by atoms with E-state index in [2.05, 4.69) is 36.7 Å². The van der Waals surface area contributed by atoms with E-state index in [1.807, 2.05) is 44.6 Å². The summed E-state index contributed by atoms with van der Waals surface area (Å²) < 4.78 is 2.23. The lowest BCUT2D eigenvalue weighted by Crippen LogP contribution is -2.36. The summed E-state index contributed by atoms with van der Waals surface area (Å²) in [5.74, 6) is 2.54. The lowest BCUT2D eigenvalue weighted by atomic mass is 9.97. The van der Waals surface area contributed by atoms with Crippen molar-refractivity contribution in [3.63, 3.8) is 0 Å². The fourth-order valence-corrected chi connectivity index (χ4v) is 3.69. The van der Waals surface area contributed by atoms with Crippen LogP contribution >= 0.6 is 0 Å². The average Bonchev–Trinajstić information content (AvgIpc) is 3.13. The standard InChI is InChI=1S/C20H24N6/c1-15-12-23-16(2)19(24-15)25-10-5-6-17(13-25)20-22-9-11-26(20)14-18-7-3-4-8-21-18/h3-4,7-9,11-12,17H,5-6,10,13-14H2,1-2H3. The fourth-order valence-electron chi connectivity index (χ4n) is 3.69. The molecule has 3 aromatic rings. The lowest BCUT2D eigenvalue weighted by molar-refractivity contribution is 0.472. The Balaban J connectivity index is 1.55. The van der Waals surface area contributed by atoms with Gasteiger partial charge in [-0.05, 0) is 38.8 Å². The van der Waals surface area contributed by atoms with E-state index in [0.717, 1.165) is 61.2 Å². The minimum atomic E-state index is 0.393. The number of anilines is 1. The first kappa shape index (κ1) is 16.7. The van der Waals surface area contributed by atoms with Crippen LogP contribution in [-0.2, 0) is 6.54 Å². The van der Waals surface area contributed by atoms with Gasteiger partial charge < -0.3 is 9.47 Å². The maximum absolute atomic E-state index is 4.73. The first-order chi connectivity index (χ1) is 12.7. The molecule has 0 aromatic carbocycles. The number of nitrogens with zero attached hydrogens (tertiary/aromatic N) is 6. The minimum absolute atomic E-state index is 0.393. The van der Waals surface area contributed by atoms with Crippen molar-refractivity contribution in [2.75, 3.05) is 18.0 Å². The molecule has 6 nitrogen and oxygen atoms in total. The third kappa shape index (κ3) is 3.45. The Morgan fingerprint density at radius 3 is 2.88 bits per heavy atom. The van der Waals surface area contributed by atoms with Crippen LogP contribution in [0, 0.1) is 13.8 Å². The van der Waals surface area contributed by atoms with Crippen LogP contribution in [0.15, 0.2) is 43.0 Å². The molecule has 0 saturated carbocycles. The summed E-state index contributed by atoms with van der Waals surface area (Å²) >= 11 is 0. The summed E-state index contributed by atoms with van der Waals surface area (Å²) in [4.78, 5) is 20.7. The zero-order valence-electron chi connectivity index (χ0n) is 15.3. The van der Waals surface area contributed by atoms with Gasteiger partial charge in [-0.15, -0.1) is 0 Å². The molecule has 1 aliphatic rings. The number of aryl methyl sites for hydroxylation is 2. The van der Waals surface area contributed by atoms with Gasteiger partial charge in [-0.3, -0.25) is 9.97 Å². The van der Waals surface area contributed by atoms with Gasteiger partial charge in [0, 0.05) is 43.8 Å². The van der Waals surface area contributed by atoms with E-state index in [1.165, 1.54) is 0 Å². The lowest BCUT2D eigenvalue weighted by Gasteiger charge is -2.34. The molecule has 3 aromatic heterocycles. The van der Waals surface area contributed by atoms with Gasteiger partial charge >= 0.3 is 0 Å². The monoisotopic (exact) mass is 348 g/mol. The summed E-state index contributed by atoms with van der Waals surface area (Å²) in [6, 6.07) is 6.03. The highest BCUT2D eigenvalue weighted by molar-refractivity contribution is 5.44. The van der Waals surface area contributed by atoms with E-state index in [-0.39, 0.29) is 0 Å². The van der Waals surface area contributed by atoms with Crippen LogP contribution in [0.4, 0.5) is 5.82 Å². The van der Waals surface area contributed by atoms with E-state index < -0.39 is 0 Å². The fraction of sp³-hybridized carbons (Fsp3) is 0.400. The summed E-state index contributed by atoms with van der Waals surface area (Å²) in [7, 11) is 0. The number of piperidine rings is 1. The van der Waals surface area contributed by atoms with E-state index in [4.69, 9.17) is 4.98 Å². The third-order valence-electron chi connectivity index (χ3n) is 4.94. The van der Waals surface area contributed by atoms with Gasteiger partial charge in [0.05, 0.1) is 23.6 Å². The van der Waals surface area contributed by atoms with E-state index in [1.54, 1.807) is 0 Å². The molecule has 0 amide bonds. The van der Waals surface area contributed by atoms with Gasteiger partial charge in [0.1, 0.15) is 11.6 Å². The van der Waals surface area contributed by atoms with Crippen LogP contribution in [0.2, 0.25) is 0 Å². The third-order valence-corrected chi connectivity index (χ3v) is 4.94. The number of hydrogen-bond acceptors (Lipinski definition) is 5. The Morgan fingerprint density at radius 1 is 1.12 bits per heavy atom. The molecule has 1 fully saturated rings. The topological polar surface area (TPSA) is 59.7 Å². The van der Waals surface area contributed by atoms with Gasteiger partial charge in [0.15, 0.2) is 0 Å². The smallest absolute Gasteiger partial charge is 0.150 e. The summed E-state index contributed by atoms with van der Waals surface area (Å²) in [6.45, 7) is 6.74. The van der Waals surface area contributed by atoms with E-state index in [0.29, 0.717) is 5.92 Å². The molecule has 0 radical (unpaired) electrons. The van der Waals surface area contributed by atoms with E-state index in [9.17, 15) is 0 Å². The van der Waals surface area contributed by atoms with Crippen molar-refractivity contribution in [3.05, 3.63) is 65.9 Å². The average molecular weight is 348 g/mol. The van der Waals surface area contributed by atoms with Crippen molar-refractivity contribution in [2.24, 2.45) is 0 Å². The molecule has 6 heteroatoms. The molecule has 0 aliphatic carbocycles. The maximum Gasteiger partial charge on any atom is 0.150 e. The van der Waals surface area contributed by atoms with Crippen molar-refractivity contribution in [1.82, 2.24) is 24.5 Å². The normalized spacial score (nSPS) is 17.5. The van der Waals surface area contributed by atoms with Crippen molar-refractivity contribution in [2.45, 2.75) is 39.2 Å². The summed E-state index contributed by atoms with van der Waals surface area (Å²) in [5.41, 5.74) is 3.01. The van der Waals surface area contributed by atoms with Crippen LogP contribution < -0.4 is 4.90 Å². The first-order valence-corrected chi connectivity index (χ1v) is 9.17. The molecule has 4 heterocycles. The molecular weight excluding hydrogens is 324 g/mol. The Morgan fingerprint density at radius 2 is 2.04 bits per heavy atom. The molecule has 0 spiro atoms. The number of hydrogen-bond donors (Lipinski definition) is 0. The number of pyridine rings is 1. The van der Waals surface area contributed by atoms with Crippen molar-refractivity contribution in [1.29, 1.82) is 0 Å². The molecule has 26 heavy (non-hydrogen) atoms. The second kappa shape index (κ2) is 7.23. The van der Waals surface area contributed by atoms with Crippen LogP contribution in [0.5, 0.6) is 0 Å². The van der Waals surface area contributed by atoms with Crippen LogP contribution in [0.1, 0.15) is 41.7 Å². The predicted octanol–water partition coefficient (Wildman–Crippen LogP) is 3.12. The van der Waals surface area contributed by atoms with Gasteiger partial charge in [-0.1, -0.05) is 6.07 Å². The molecule has 4 rings (SSSR count). The van der Waals surface area contributed by atoms with Gasteiger partial charge in [0.25, 0.3) is 0 Å². The highest BCUT2D eigenvalue weighted by Gasteiger charge is 2.26. The number of rotatable bonds is 4. The number of imidazole rings is 1. The SMILES string of the molecule is Cc1cnc(C)c(N2CCCC(c3nccn3Cc3ccccn3)C2)n1. The van der Waals surface area contributed by atoms with Gasteiger partial charge in [-0.2, -0.15) is 0 Å². The maximum atomic E-state index is 4.73. The summed E-state index contributed by atoms with van der Waals surface area (Å²) in [5, 5.41) is 0. The molecule has 0 N–H and O–H groups in total. The van der Waals surface area contributed by atoms with Crippen LogP contribution in [0.25, 0.3) is 0 Å². The molecule has 1 saturated heterocycles. The number of aromatic nitrogens is 5. The zero-order valence-corrected chi connectivity index (χ0v) is 15.3. The van der Waals surface area contributed by atoms with Crippen LogP contribution in [0.3, 0.4) is 0 Å². The Bertz CT molecular complexity index is 873.